The van der Waals surface area contributed by atoms with Gasteiger partial charge in [0, 0.05) is 18.7 Å². The topological polar surface area (TPSA) is 20.3 Å². The Balaban J connectivity index is 1.82. The molecular formula is C16H21NOS. The molecule has 0 radical (unpaired) electrons. The van der Waals surface area contributed by atoms with Crippen LogP contribution < -0.4 is 0 Å². The molecule has 2 aliphatic rings. The molecule has 1 saturated carbocycles. The van der Waals surface area contributed by atoms with Crippen LogP contribution in [0.1, 0.15) is 41.6 Å². The minimum atomic E-state index is 0.223. The maximum absolute atomic E-state index is 12.7. The molecule has 3 heteroatoms. The molecule has 0 atom stereocenters. The predicted molar refractivity (Wildman–Crippen MR) is 80.8 cm³/mol. The van der Waals surface area contributed by atoms with Crippen molar-refractivity contribution in [2.75, 3.05) is 18.8 Å². The van der Waals surface area contributed by atoms with Gasteiger partial charge >= 0.3 is 0 Å². The quantitative estimate of drug-likeness (QED) is 0.840. The molecule has 2 nitrogen and oxygen atoms in total. The highest BCUT2D eigenvalue weighted by Gasteiger charge is 2.39. The van der Waals surface area contributed by atoms with Crippen molar-refractivity contribution in [2.45, 2.75) is 32.1 Å². The lowest BCUT2D eigenvalue weighted by atomic mass is 9.70. The molecule has 0 spiro atoms. The Bertz CT molecular complexity index is 476. The SMILES string of the molecule is O=C1c2ccccc2CCCN1CC1(CS)CCC1. The van der Waals surface area contributed by atoms with Crippen LogP contribution in [0.2, 0.25) is 0 Å². The van der Waals surface area contributed by atoms with Gasteiger partial charge in [-0.3, -0.25) is 4.79 Å². The highest BCUT2D eigenvalue weighted by molar-refractivity contribution is 7.80. The molecule has 1 heterocycles. The summed E-state index contributed by atoms with van der Waals surface area (Å²) in [5, 5.41) is 0. The van der Waals surface area contributed by atoms with E-state index >= 15 is 0 Å². The molecule has 0 N–H and O–H groups in total. The number of aryl methyl sites for hydroxylation is 1. The second-order valence-corrected chi connectivity index (χ2v) is 6.32. The van der Waals surface area contributed by atoms with E-state index in [-0.39, 0.29) is 11.3 Å². The van der Waals surface area contributed by atoms with Crippen molar-refractivity contribution < 1.29 is 4.79 Å². The fourth-order valence-corrected chi connectivity index (χ4v) is 3.69. The number of benzene rings is 1. The first kappa shape index (κ1) is 13.0. The Hall–Kier alpha value is -0.960. The summed E-state index contributed by atoms with van der Waals surface area (Å²) in [6, 6.07) is 8.07. The zero-order valence-corrected chi connectivity index (χ0v) is 12.2. The van der Waals surface area contributed by atoms with Crippen LogP contribution in [0, 0.1) is 5.41 Å². The number of hydrogen-bond acceptors (Lipinski definition) is 2. The molecule has 1 aliphatic carbocycles. The number of fused-ring (bicyclic) bond motifs is 1. The molecule has 0 bridgehead atoms. The van der Waals surface area contributed by atoms with E-state index in [9.17, 15) is 4.79 Å². The first-order valence-electron chi connectivity index (χ1n) is 7.22. The molecule has 1 fully saturated rings. The van der Waals surface area contributed by atoms with E-state index < -0.39 is 0 Å². The predicted octanol–water partition coefficient (Wildman–Crippen LogP) is 3.18. The standard InChI is InChI=1S/C16H21NOS/c18-15-14-7-2-1-5-13(14)6-3-10-17(15)11-16(12-19)8-4-9-16/h1-2,5,7,19H,3-4,6,8-12H2. The lowest BCUT2D eigenvalue weighted by molar-refractivity contribution is 0.0553. The minimum Gasteiger partial charge on any atom is -0.338 e. The second kappa shape index (κ2) is 5.20. The van der Waals surface area contributed by atoms with Crippen LogP contribution in [-0.4, -0.2) is 29.6 Å². The summed E-state index contributed by atoms with van der Waals surface area (Å²) in [7, 11) is 0. The highest BCUT2D eigenvalue weighted by Crippen LogP contribution is 2.42. The first-order valence-corrected chi connectivity index (χ1v) is 7.85. The number of thiol groups is 1. The van der Waals surface area contributed by atoms with Gasteiger partial charge in [0.1, 0.15) is 0 Å². The molecule has 0 unspecified atom stereocenters. The first-order chi connectivity index (χ1) is 9.24. The van der Waals surface area contributed by atoms with Gasteiger partial charge in [0.25, 0.3) is 5.91 Å². The Kier molecular flexibility index (Phi) is 3.57. The summed E-state index contributed by atoms with van der Waals surface area (Å²) >= 11 is 4.51. The summed E-state index contributed by atoms with van der Waals surface area (Å²) in [6.07, 6.45) is 5.83. The van der Waals surface area contributed by atoms with Crippen molar-refractivity contribution in [3.8, 4) is 0 Å². The lowest BCUT2D eigenvalue weighted by Crippen LogP contribution is -2.46. The van der Waals surface area contributed by atoms with E-state index in [2.05, 4.69) is 23.6 Å². The maximum Gasteiger partial charge on any atom is 0.254 e. The lowest BCUT2D eigenvalue weighted by Gasteiger charge is -2.44. The van der Waals surface area contributed by atoms with Crippen LogP contribution in [0.5, 0.6) is 0 Å². The third-order valence-corrected chi connectivity index (χ3v) is 5.36. The van der Waals surface area contributed by atoms with E-state index in [4.69, 9.17) is 0 Å². The molecule has 1 aromatic rings. The van der Waals surface area contributed by atoms with Crippen LogP contribution in [-0.2, 0) is 6.42 Å². The van der Waals surface area contributed by atoms with Crippen molar-refractivity contribution in [1.29, 1.82) is 0 Å². The highest BCUT2D eigenvalue weighted by atomic mass is 32.1. The van der Waals surface area contributed by atoms with Gasteiger partial charge in [-0.05, 0) is 48.5 Å². The molecule has 1 amide bonds. The van der Waals surface area contributed by atoms with E-state index in [1.165, 1.54) is 24.8 Å². The van der Waals surface area contributed by atoms with E-state index in [0.717, 1.165) is 37.2 Å². The molecule has 0 aromatic heterocycles. The van der Waals surface area contributed by atoms with Crippen molar-refractivity contribution >= 4 is 18.5 Å². The number of hydrogen-bond donors (Lipinski definition) is 1. The number of nitrogens with zero attached hydrogens (tertiary/aromatic N) is 1. The van der Waals surface area contributed by atoms with E-state index in [0.29, 0.717) is 0 Å². The van der Waals surface area contributed by atoms with Crippen molar-refractivity contribution in [1.82, 2.24) is 4.90 Å². The number of rotatable bonds is 3. The number of carbonyl (C=O) groups is 1. The Morgan fingerprint density at radius 2 is 2.00 bits per heavy atom. The summed E-state index contributed by atoms with van der Waals surface area (Å²) in [6.45, 7) is 1.78. The van der Waals surface area contributed by atoms with Crippen LogP contribution >= 0.6 is 12.6 Å². The van der Waals surface area contributed by atoms with Crippen LogP contribution in [0.25, 0.3) is 0 Å². The fraction of sp³-hybridized carbons (Fsp3) is 0.562. The Morgan fingerprint density at radius 3 is 2.68 bits per heavy atom. The van der Waals surface area contributed by atoms with Gasteiger partial charge in [-0.25, -0.2) is 0 Å². The molecule has 102 valence electrons. The minimum absolute atomic E-state index is 0.223. The van der Waals surface area contributed by atoms with Crippen LogP contribution in [0.3, 0.4) is 0 Å². The fourth-order valence-electron chi connectivity index (χ4n) is 3.28. The van der Waals surface area contributed by atoms with E-state index in [1.807, 2.05) is 18.2 Å². The zero-order valence-electron chi connectivity index (χ0n) is 11.3. The molecular weight excluding hydrogens is 254 g/mol. The smallest absolute Gasteiger partial charge is 0.254 e. The normalized spacial score (nSPS) is 21.5. The third-order valence-electron chi connectivity index (χ3n) is 4.69. The van der Waals surface area contributed by atoms with Gasteiger partial charge < -0.3 is 4.90 Å². The van der Waals surface area contributed by atoms with Gasteiger partial charge in [-0.15, -0.1) is 0 Å². The summed E-state index contributed by atoms with van der Waals surface area (Å²) in [5.74, 6) is 1.12. The monoisotopic (exact) mass is 275 g/mol. The third kappa shape index (κ3) is 2.40. The number of amides is 1. The van der Waals surface area contributed by atoms with Crippen molar-refractivity contribution in [3.63, 3.8) is 0 Å². The molecule has 1 aromatic carbocycles. The van der Waals surface area contributed by atoms with Crippen LogP contribution in [0.4, 0.5) is 0 Å². The van der Waals surface area contributed by atoms with Gasteiger partial charge in [-0.2, -0.15) is 12.6 Å². The number of carbonyl (C=O) groups excluding carboxylic acids is 1. The average Bonchev–Trinajstić information content (AvgIpc) is 2.55. The van der Waals surface area contributed by atoms with Gasteiger partial charge in [0.05, 0.1) is 0 Å². The Morgan fingerprint density at radius 1 is 1.21 bits per heavy atom. The van der Waals surface area contributed by atoms with Crippen molar-refractivity contribution in [2.24, 2.45) is 5.41 Å². The summed E-state index contributed by atoms with van der Waals surface area (Å²) in [5.41, 5.74) is 2.41. The second-order valence-electron chi connectivity index (χ2n) is 6.00. The summed E-state index contributed by atoms with van der Waals surface area (Å²) < 4.78 is 0. The van der Waals surface area contributed by atoms with Gasteiger partial charge in [0.2, 0.25) is 0 Å². The Labute approximate surface area is 120 Å². The molecule has 19 heavy (non-hydrogen) atoms. The molecule has 3 rings (SSSR count). The van der Waals surface area contributed by atoms with Crippen LogP contribution in [0.15, 0.2) is 24.3 Å². The molecule has 0 saturated heterocycles. The molecule has 1 aliphatic heterocycles. The van der Waals surface area contributed by atoms with Gasteiger partial charge in [-0.1, -0.05) is 24.6 Å². The largest absolute Gasteiger partial charge is 0.338 e. The van der Waals surface area contributed by atoms with E-state index in [1.54, 1.807) is 0 Å². The average molecular weight is 275 g/mol. The summed E-state index contributed by atoms with van der Waals surface area (Å²) in [4.78, 5) is 14.7. The zero-order chi connectivity index (χ0) is 13.3. The van der Waals surface area contributed by atoms with Crippen molar-refractivity contribution in [3.05, 3.63) is 35.4 Å². The maximum atomic E-state index is 12.7. The van der Waals surface area contributed by atoms with Gasteiger partial charge in [0.15, 0.2) is 0 Å².